The van der Waals surface area contributed by atoms with E-state index in [9.17, 15) is 4.79 Å². The van der Waals surface area contributed by atoms with E-state index >= 15 is 0 Å². The van der Waals surface area contributed by atoms with E-state index in [0.29, 0.717) is 18.5 Å². The van der Waals surface area contributed by atoms with Gasteiger partial charge in [-0.05, 0) is 56.7 Å². The minimum absolute atomic E-state index is 0.0476. The lowest BCUT2D eigenvalue weighted by molar-refractivity contribution is 0.0953. The number of benzene rings is 1. The van der Waals surface area contributed by atoms with Gasteiger partial charge in [-0.1, -0.05) is 12.1 Å². The van der Waals surface area contributed by atoms with Gasteiger partial charge in [-0.15, -0.1) is 0 Å². The van der Waals surface area contributed by atoms with Crippen molar-refractivity contribution >= 4 is 5.91 Å². The zero-order valence-corrected chi connectivity index (χ0v) is 14.3. The predicted octanol–water partition coefficient (Wildman–Crippen LogP) is 3.97. The smallest absolute Gasteiger partial charge is 0.253 e. The minimum atomic E-state index is -0.0476. The summed E-state index contributed by atoms with van der Waals surface area (Å²) in [5, 5.41) is 2.97. The molecule has 1 N–H and O–H groups in total. The number of carbonyl (C=O) groups is 1. The Labute approximate surface area is 142 Å². The zero-order valence-electron chi connectivity index (χ0n) is 14.3. The van der Waals surface area contributed by atoms with Crippen LogP contribution >= 0.6 is 0 Å². The van der Waals surface area contributed by atoms with Crippen LogP contribution < -0.4 is 5.32 Å². The first-order chi connectivity index (χ1) is 11.6. The molecule has 0 radical (unpaired) electrons. The van der Waals surface area contributed by atoms with E-state index in [1.165, 1.54) is 5.56 Å². The number of hydrogen-bond acceptors (Lipinski definition) is 2. The lowest BCUT2D eigenvalue weighted by Crippen LogP contribution is -2.26. The number of aryl methyl sites for hydroxylation is 2. The van der Waals surface area contributed by atoms with Crippen LogP contribution in [0.2, 0.25) is 0 Å². The molecule has 0 unspecified atom stereocenters. The molecular formula is C20H22N2O2. The molecule has 0 aliphatic carbocycles. The van der Waals surface area contributed by atoms with E-state index in [1.54, 1.807) is 6.26 Å². The quantitative estimate of drug-likeness (QED) is 0.772. The summed E-state index contributed by atoms with van der Waals surface area (Å²) < 4.78 is 7.40. The number of rotatable bonds is 5. The molecule has 1 aromatic carbocycles. The second-order valence-electron chi connectivity index (χ2n) is 6.04. The number of amides is 1. The first-order valence-electron chi connectivity index (χ1n) is 8.13. The average Bonchev–Trinajstić information content (AvgIpc) is 3.15. The molecule has 0 aliphatic heterocycles. The highest BCUT2D eigenvalue weighted by Crippen LogP contribution is 2.21. The highest BCUT2D eigenvalue weighted by molar-refractivity contribution is 5.95. The summed E-state index contributed by atoms with van der Waals surface area (Å²) in [4.78, 5) is 12.5. The van der Waals surface area contributed by atoms with Crippen LogP contribution in [0, 0.1) is 20.8 Å². The van der Waals surface area contributed by atoms with Crippen LogP contribution in [0.1, 0.15) is 33.1 Å². The van der Waals surface area contributed by atoms with Crippen molar-refractivity contribution in [1.82, 2.24) is 9.88 Å². The van der Waals surface area contributed by atoms with Crippen LogP contribution in [0.3, 0.4) is 0 Å². The Kier molecular flexibility index (Phi) is 4.56. The molecule has 24 heavy (non-hydrogen) atoms. The third-order valence-corrected chi connectivity index (χ3v) is 4.17. The molecule has 124 valence electrons. The molecule has 4 heteroatoms. The maximum Gasteiger partial charge on any atom is 0.253 e. The van der Waals surface area contributed by atoms with Gasteiger partial charge in [0.2, 0.25) is 0 Å². The third-order valence-electron chi connectivity index (χ3n) is 4.17. The van der Waals surface area contributed by atoms with Crippen molar-refractivity contribution in [2.24, 2.45) is 0 Å². The van der Waals surface area contributed by atoms with E-state index in [4.69, 9.17) is 4.42 Å². The summed E-state index contributed by atoms with van der Waals surface area (Å²) in [5.41, 5.74) is 5.00. The molecule has 2 aromatic heterocycles. The maximum absolute atomic E-state index is 12.5. The fourth-order valence-corrected chi connectivity index (χ4v) is 3.01. The van der Waals surface area contributed by atoms with Gasteiger partial charge in [0.1, 0.15) is 5.76 Å². The number of furan rings is 1. The lowest BCUT2D eigenvalue weighted by atomic mass is 10.2. The maximum atomic E-state index is 12.5. The van der Waals surface area contributed by atoms with Gasteiger partial charge in [0.15, 0.2) is 0 Å². The summed E-state index contributed by atoms with van der Waals surface area (Å²) in [6, 6.07) is 14.0. The summed E-state index contributed by atoms with van der Waals surface area (Å²) in [6.07, 6.45) is 2.34. The zero-order chi connectivity index (χ0) is 17.1. The summed E-state index contributed by atoms with van der Waals surface area (Å²) in [6.45, 7) is 6.63. The van der Waals surface area contributed by atoms with E-state index in [-0.39, 0.29) is 5.91 Å². The minimum Gasteiger partial charge on any atom is -0.469 e. The van der Waals surface area contributed by atoms with Gasteiger partial charge < -0.3 is 14.3 Å². The molecule has 0 saturated carbocycles. The molecule has 3 aromatic rings. The Morgan fingerprint density at radius 3 is 2.67 bits per heavy atom. The number of carbonyl (C=O) groups excluding carboxylic acids is 1. The Hall–Kier alpha value is -2.75. The Balaban J connectivity index is 1.76. The average molecular weight is 322 g/mol. The normalized spacial score (nSPS) is 10.8. The number of aromatic nitrogens is 1. The van der Waals surface area contributed by atoms with Crippen molar-refractivity contribution in [1.29, 1.82) is 0 Å². The van der Waals surface area contributed by atoms with Crippen molar-refractivity contribution in [2.75, 3.05) is 6.54 Å². The molecule has 4 nitrogen and oxygen atoms in total. The van der Waals surface area contributed by atoms with Crippen LogP contribution in [0.25, 0.3) is 5.69 Å². The second kappa shape index (κ2) is 6.79. The van der Waals surface area contributed by atoms with Crippen molar-refractivity contribution in [3.63, 3.8) is 0 Å². The van der Waals surface area contributed by atoms with Crippen molar-refractivity contribution < 1.29 is 9.21 Å². The van der Waals surface area contributed by atoms with Gasteiger partial charge in [-0.25, -0.2) is 0 Å². The van der Waals surface area contributed by atoms with Crippen LogP contribution in [0.15, 0.2) is 53.1 Å². The molecular weight excluding hydrogens is 300 g/mol. The molecule has 0 aliphatic rings. The van der Waals surface area contributed by atoms with E-state index in [1.807, 2.05) is 38.1 Å². The first-order valence-corrected chi connectivity index (χ1v) is 8.13. The third kappa shape index (κ3) is 3.27. The van der Waals surface area contributed by atoms with Crippen LogP contribution in [-0.2, 0) is 6.42 Å². The molecule has 0 fully saturated rings. The highest BCUT2D eigenvalue weighted by atomic mass is 16.3. The summed E-state index contributed by atoms with van der Waals surface area (Å²) in [5.74, 6) is 0.828. The largest absolute Gasteiger partial charge is 0.469 e. The Bertz CT molecular complexity index is 845. The molecule has 0 spiro atoms. The molecule has 0 atom stereocenters. The van der Waals surface area contributed by atoms with Gasteiger partial charge >= 0.3 is 0 Å². The number of nitrogens with one attached hydrogen (secondary N) is 1. The predicted molar refractivity (Wildman–Crippen MR) is 94.7 cm³/mol. The van der Waals surface area contributed by atoms with Crippen LogP contribution in [0.5, 0.6) is 0 Å². The Morgan fingerprint density at radius 2 is 1.96 bits per heavy atom. The molecule has 3 rings (SSSR count). The SMILES string of the molecule is Cc1cccc(-n2c(C)cc(C(=O)NCCc3ccco3)c2C)c1. The van der Waals surface area contributed by atoms with Gasteiger partial charge in [-0.3, -0.25) is 4.79 Å². The van der Waals surface area contributed by atoms with Crippen molar-refractivity contribution in [2.45, 2.75) is 27.2 Å². The van der Waals surface area contributed by atoms with Crippen LogP contribution in [0.4, 0.5) is 0 Å². The van der Waals surface area contributed by atoms with E-state index in [2.05, 4.69) is 35.0 Å². The van der Waals surface area contributed by atoms with Gasteiger partial charge in [0.05, 0.1) is 11.8 Å². The highest BCUT2D eigenvalue weighted by Gasteiger charge is 2.16. The van der Waals surface area contributed by atoms with Gasteiger partial charge in [0, 0.05) is 30.0 Å². The van der Waals surface area contributed by atoms with Gasteiger partial charge in [0.25, 0.3) is 5.91 Å². The van der Waals surface area contributed by atoms with Gasteiger partial charge in [-0.2, -0.15) is 0 Å². The molecule has 1 amide bonds. The van der Waals surface area contributed by atoms with Crippen molar-refractivity contribution in [3.05, 3.63) is 77.0 Å². The second-order valence-corrected chi connectivity index (χ2v) is 6.04. The van der Waals surface area contributed by atoms with E-state index in [0.717, 1.165) is 22.8 Å². The fraction of sp³-hybridized carbons (Fsp3) is 0.250. The Morgan fingerprint density at radius 1 is 1.12 bits per heavy atom. The summed E-state index contributed by atoms with van der Waals surface area (Å²) in [7, 11) is 0. The van der Waals surface area contributed by atoms with Crippen LogP contribution in [-0.4, -0.2) is 17.0 Å². The van der Waals surface area contributed by atoms with Crippen molar-refractivity contribution in [3.8, 4) is 5.69 Å². The molecule has 0 saturated heterocycles. The number of nitrogens with zero attached hydrogens (tertiary/aromatic N) is 1. The monoisotopic (exact) mass is 322 g/mol. The standard InChI is InChI=1S/C20H22N2O2/c1-14-6-4-7-17(12-14)22-15(2)13-19(16(22)3)20(23)21-10-9-18-8-5-11-24-18/h4-8,11-13H,9-10H2,1-3H3,(H,21,23). The molecule has 2 heterocycles. The molecule has 0 bridgehead atoms. The number of hydrogen-bond donors (Lipinski definition) is 1. The summed E-state index contributed by atoms with van der Waals surface area (Å²) >= 11 is 0. The first kappa shape index (κ1) is 16.1. The fourth-order valence-electron chi connectivity index (χ4n) is 3.01. The lowest BCUT2D eigenvalue weighted by Gasteiger charge is -2.11. The topological polar surface area (TPSA) is 47.2 Å². The van der Waals surface area contributed by atoms with E-state index < -0.39 is 0 Å².